The average molecular weight is 355 g/mol. The normalized spacial score (nSPS) is 20.6. The molecule has 7 nitrogen and oxygen atoms in total. The molecule has 1 aliphatic heterocycles. The van der Waals surface area contributed by atoms with Gasteiger partial charge >= 0.3 is 6.03 Å². The summed E-state index contributed by atoms with van der Waals surface area (Å²) in [6.45, 7) is 1.28. The highest BCUT2D eigenvalue weighted by molar-refractivity contribution is 6.00. The van der Waals surface area contributed by atoms with E-state index in [9.17, 15) is 9.59 Å². The van der Waals surface area contributed by atoms with Crippen LogP contribution in [0.4, 0.5) is 16.2 Å². The van der Waals surface area contributed by atoms with Gasteiger partial charge in [0.1, 0.15) is 0 Å². The first kappa shape index (κ1) is 18.5. The van der Waals surface area contributed by atoms with E-state index >= 15 is 0 Å². The van der Waals surface area contributed by atoms with Crippen LogP contribution in [0.25, 0.3) is 0 Å². The summed E-state index contributed by atoms with van der Waals surface area (Å²) in [6, 6.07) is 6.67. The van der Waals surface area contributed by atoms with Crippen molar-refractivity contribution in [1.29, 1.82) is 0 Å². The first-order valence-corrected chi connectivity index (χ1v) is 7.92. The molecule has 132 valence electrons. The minimum absolute atomic E-state index is 0. The van der Waals surface area contributed by atoms with Crippen molar-refractivity contribution in [2.45, 2.75) is 37.3 Å². The first-order valence-electron chi connectivity index (χ1n) is 7.92. The highest BCUT2D eigenvalue weighted by Gasteiger charge is 2.45. The molecular formula is C16H23ClN4O3. The van der Waals surface area contributed by atoms with E-state index in [2.05, 4.69) is 16.0 Å². The molecule has 0 spiro atoms. The number of ether oxygens (including phenoxy) is 1. The van der Waals surface area contributed by atoms with Gasteiger partial charge in [-0.25, -0.2) is 4.79 Å². The summed E-state index contributed by atoms with van der Waals surface area (Å²) >= 11 is 0. The van der Waals surface area contributed by atoms with Crippen LogP contribution in [0.5, 0.6) is 0 Å². The number of halogens is 1. The zero-order valence-corrected chi connectivity index (χ0v) is 14.2. The van der Waals surface area contributed by atoms with Gasteiger partial charge in [-0.15, -0.1) is 12.4 Å². The van der Waals surface area contributed by atoms with E-state index < -0.39 is 5.54 Å². The lowest BCUT2D eigenvalue weighted by molar-refractivity contribution is -0.118. The van der Waals surface area contributed by atoms with Crippen molar-refractivity contribution in [2.24, 2.45) is 5.73 Å². The molecule has 1 aliphatic carbocycles. The molecule has 1 heterocycles. The number of hydrogen-bond acceptors (Lipinski definition) is 4. The van der Waals surface area contributed by atoms with Crippen LogP contribution in [0.1, 0.15) is 25.7 Å². The molecule has 3 rings (SSSR count). The van der Waals surface area contributed by atoms with Gasteiger partial charge in [0.2, 0.25) is 5.91 Å². The lowest BCUT2D eigenvalue weighted by Gasteiger charge is -2.13. The second kappa shape index (κ2) is 7.83. The van der Waals surface area contributed by atoms with Gasteiger partial charge in [-0.05, 0) is 49.9 Å². The molecule has 24 heavy (non-hydrogen) atoms. The van der Waals surface area contributed by atoms with Crippen LogP contribution < -0.4 is 21.7 Å². The number of rotatable bonds is 5. The number of carbonyl (C=O) groups excluding carboxylic acids is 2. The van der Waals surface area contributed by atoms with E-state index in [0.29, 0.717) is 17.9 Å². The Balaban J connectivity index is 0.00000208. The van der Waals surface area contributed by atoms with E-state index in [-0.39, 0.29) is 30.4 Å². The van der Waals surface area contributed by atoms with Gasteiger partial charge in [0.05, 0.1) is 11.6 Å². The number of hydrogen-bond donors (Lipinski definition) is 4. The fourth-order valence-corrected chi connectivity index (χ4v) is 2.44. The van der Waals surface area contributed by atoms with Crippen molar-refractivity contribution in [3.63, 3.8) is 0 Å². The third kappa shape index (κ3) is 4.83. The molecule has 1 aromatic carbocycles. The predicted molar refractivity (Wildman–Crippen MR) is 94.5 cm³/mol. The van der Waals surface area contributed by atoms with Crippen LogP contribution >= 0.6 is 12.4 Å². The van der Waals surface area contributed by atoms with Crippen LogP contribution in [-0.2, 0) is 9.53 Å². The zero-order valence-electron chi connectivity index (χ0n) is 13.3. The summed E-state index contributed by atoms with van der Waals surface area (Å²) in [5, 5.41) is 8.31. The number of benzene rings is 1. The van der Waals surface area contributed by atoms with Crippen molar-refractivity contribution in [1.82, 2.24) is 5.32 Å². The molecular weight excluding hydrogens is 332 g/mol. The third-order valence-corrected chi connectivity index (χ3v) is 4.16. The number of anilines is 2. The lowest BCUT2D eigenvalue weighted by atomic mass is 10.2. The van der Waals surface area contributed by atoms with E-state index in [1.54, 1.807) is 24.3 Å². The second-order valence-electron chi connectivity index (χ2n) is 6.16. The van der Waals surface area contributed by atoms with Gasteiger partial charge in [-0.2, -0.15) is 0 Å². The molecule has 2 fully saturated rings. The van der Waals surface area contributed by atoms with Gasteiger partial charge in [0, 0.05) is 24.5 Å². The summed E-state index contributed by atoms with van der Waals surface area (Å²) in [5.41, 5.74) is 6.45. The van der Waals surface area contributed by atoms with Crippen LogP contribution in [0.3, 0.4) is 0 Å². The Morgan fingerprint density at radius 2 is 1.79 bits per heavy atom. The molecule has 2 aliphatic rings. The molecule has 3 amide bonds. The number of nitrogens with one attached hydrogen (secondary N) is 3. The van der Waals surface area contributed by atoms with Crippen LogP contribution in [0, 0.1) is 0 Å². The molecule has 0 aromatic heterocycles. The Kier molecular flexibility index (Phi) is 6.04. The van der Waals surface area contributed by atoms with Crippen molar-refractivity contribution >= 4 is 35.7 Å². The summed E-state index contributed by atoms with van der Waals surface area (Å²) in [4.78, 5) is 23.7. The summed E-state index contributed by atoms with van der Waals surface area (Å²) in [7, 11) is 0. The number of carbonyl (C=O) groups is 2. The third-order valence-electron chi connectivity index (χ3n) is 4.16. The molecule has 1 aromatic rings. The molecule has 1 atom stereocenters. The number of nitrogens with two attached hydrogens (primary N) is 1. The smallest absolute Gasteiger partial charge is 0.319 e. The zero-order chi connectivity index (χ0) is 16.3. The minimum Gasteiger partial charge on any atom is -0.376 e. The standard InChI is InChI=1S/C16H22N4O3.ClH/c17-16(7-8-16)14(21)19-11-3-5-12(6-4-11)20-15(22)18-10-13-2-1-9-23-13;/h3-6,13H,1-2,7-10,17H2,(H,19,21)(H2,18,20,22);1H. The predicted octanol–water partition coefficient (Wildman–Crippen LogP) is 1.84. The lowest BCUT2D eigenvalue weighted by Crippen LogP contribution is -2.37. The maximum Gasteiger partial charge on any atom is 0.319 e. The van der Waals surface area contributed by atoms with Gasteiger partial charge in [-0.1, -0.05) is 0 Å². The van der Waals surface area contributed by atoms with E-state index in [4.69, 9.17) is 10.5 Å². The van der Waals surface area contributed by atoms with Crippen LogP contribution in [0.15, 0.2) is 24.3 Å². The quantitative estimate of drug-likeness (QED) is 0.647. The topological polar surface area (TPSA) is 105 Å². The van der Waals surface area contributed by atoms with Gasteiger partial charge in [0.25, 0.3) is 0 Å². The molecule has 1 unspecified atom stereocenters. The fraction of sp³-hybridized carbons (Fsp3) is 0.500. The Hall–Kier alpha value is -1.83. The monoisotopic (exact) mass is 354 g/mol. The highest BCUT2D eigenvalue weighted by Crippen LogP contribution is 2.33. The largest absolute Gasteiger partial charge is 0.376 e. The van der Waals surface area contributed by atoms with Crippen LogP contribution in [-0.4, -0.2) is 36.7 Å². The average Bonchev–Trinajstić information content (AvgIpc) is 3.09. The summed E-state index contributed by atoms with van der Waals surface area (Å²) < 4.78 is 5.45. The van der Waals surface area contributed by atoms with Crippen molar-refractivity contribution in [3.8, 4) is 0 Å². The van der Waals surface area contributed by atoms with E-state index in [0.717, 1.165) is 32.3 Å². The number of amides is 3. The van der Waals surface area contributed by atoms with Crippen molar-refractivity contribution in [3.05, 3.63) is 24.3 Å². The molecule has 8 heteroatoms. The van der Waals surface area contributed by atoms with Crippen molar-refractivity contribution < 1.29 is 14.3 Å². The van der Waals surface area contributed by atoms with Gasteiger partial charge in [-0.3, -0.25) is 4.79 Å². The maximum atomic E-state index is 11.8. The Labute approximate surface area is 147 Å². The summed E-state index contributed by atoms with van der Waals surface area (Å²) in [5.74, 6) is -0.160. The van der Waals surface area contributed by atoms with Gasteiger partial charge < -0.3 is 26.4 Å². The summed E-state index contributed by atoms with van der Waals surface area (Å²) in [6.07, 6.45) is 3.60. The van der Waals surface area contributed by atoms with Crippen molar-refractivity contribution in [2.75, 3.05) is 23.8 Å². The first-order chi connectivity index (χ1) is 11.0. The Morgan fingerprint density at radius 1 is 1.17 bits per heavy atom. The minimum atomic E-state index is -0.695. The van der Waals surface area contributed by atoms with E-state index in [1.807, 2.05) is 0 Å². The molecule has 5 N–H and O–H groups in total. The van der Waals surface area contributed by atoms with E-state index in [1.165, 1.54) is 0 Å². The molecule has 0 radical (unpaired) electrons. The SMILES string of the molecule is Cl.NC1(C(=O)Nc2ccc(NC(=O)NCC3CCCO3)cc2)CC1. The maximum absolute atomic E-state index is 11.8. The van der Waals surface area contributed by atoms with Gasteiger partial charge in [0.15, 0.2) is 0 Å². The molecule has 1 saturated carbocycles. The molecule has 0 bridgehead atoms. The van der Waals surface area contributed by atoms with Crippen LogP contribution in [0.2, 0.25) is 0 Å². The fourth-order valence-electron chi connectivity index (χ4n) is 2.44. The Bertz CT molecular complexity index is 583. The Morgan fingerprint density at radius 3 is 2.33 bits per heavy atom. The second-order valence-corrected chi connectivity index (χ2v) is 6.16. The highest BCUT2D eigenvalue weighted by atomic mass is 35.5. The number of urea groups is 1. The molecule has 1 saturated heterocycles.